The van der Waals surface area contributed by atoms with Crippen molar-refractivity contribution in [3.63, 3.8) is 0 Å². The van der Waals surface area contributed by atoms with Crippen LogP contribution in [0.1, 0.15) is 5.56 Å². The van der Waals surface area contributed by atoms with E-state index in [0.29, 0.717) is 0 Å². The summed E-state index contributed by atoms with van der Waals surface area (Å²) in [6.45, 7) is 1.95. The number of nitrogens with zero attached hydrogens (tertiary/aromatic N) is 2. The fourth-order valence-corrected chi connectivity index (χ4v) is 2.80. The number of pyridine rings is 2. The third-order valence-electron chi connectivity index (χ3n) is 3.91. The van der Waals surface area contributed by atoms with Gasteiger partial charge in [0.1, 0.15) is 5.75 Å². The number of aryl methyl sites for hydroxylation is 1. The molecular weight excluding hydrogens is 356 g/mol. The van der Waals surface area contributed by atoms with E-state index in [9.17, 15) is 5.11 Å². The van der Waals surface area contributed by atoms with Crippen molar-refractivity contribution in [1.82, 2.24) is 9.97 Å². The summed E-state index contributed by atoms with van der Waals surface area (Å²) in [6.07, 6.45) is 3.48. The zero-order valence-electron chi connectivity index (χ0n) is 14.9. The van der Waals surface area contributed by atoms with Gasteiger partial charge in [0.25, 0.3) is 0 Å². The van der Waals surface area contributed by atoms with Crippen LogP contribution in [0, 0.1) is 6.92 Å². The first-order valence-corrected chi connectivity index (χ1v) is 8.90. The predicted octanol–water partition coefficient (Wildman–Crippen LogP) is 6.16. The van der Waals surface area contributed by atoms with E-state index in [2.05, 4.69) is 9.97 Å². The average Bonchev–Trinajstić information content (AvgIpc) is 2.70. The predicted molar refractivity (Wildman–Crippen MR) is 111 cm³/mol. The largest absolute Gasteiger partial charge is 0.507 e. The van der Waals surface area contributed by atoms with Gasteiger partial charge >= 0.3 is 0 Å². The topological polar surface area (TPSA) is 46.0 Å². The SMILES string of the molecule is Cc1ccc(-c2ccccn2)c(O)c1.Clc1ccccc1-c1ccccn1. The molecule has 0 aliphatic carbocycles. The molecule has 0 spiro atoms. The minimum Gasteiger partial charge on any atom is -0.507 e. The van der Waals surface area contributed by atoms with E-state index in [4.69, 9.17) is 11.6 Å². The first-order chi connectivity index (χ1) is 13.1. The van der Waals surface area contributed by atoms with Gasteiger partial charge in [-0.05, 0) is 55.0 Å². The van der Waals surface area contributed by atoms with Crippen molar-refractivity contribution in [3.05, 3.63) is 102 Å². The summed E-state index contributed by atoms with van der Waals surface area (Å²) < 4.78 is 0. The normalized spacial score (nSPS) is 10.0. The van der Waals surface area contributed by atoms with Crippen LogP contribution in [0.3, 0.4) is 0 Å². The van der Waals surface area contributed by atoms with E-state index >= 15 is 0 Å². The van der Waals surface area contributed by atoms with Gasteiger partial charge in [-0.2, -0.15) is 0 Å². The van der Waals surface area contributed by atoms with Crippen LogP contribution in [0.2, 0.25) is 5.02 Å². The lowest BCUT2D eigenvalue weighted by atomic mass is 10.1. The second-order valence-corrected chi connectivity index (χ2v) is 6.34. The molecule has 1 N–H and O–H groups in total. The van der Waals surface area contributed by atoms with E-state index in [1.165, 1.54) is 0 Å². The Bertz CT molecular complexity index is 1010. The molecule has 0 saturated carbocycles. The number of halogens is 1. The first-order valence-electron chi connectivity index (χ1n) is 8.52. The van der Waals surface area contributed by atoms with Gasteiger partial charge in [0, 0.05) is 28.5 Å². The molecule has 0 radical (unpaired) electrons. The maximum Gasteiger partial charge on any atom is 0.125 e. The molecule has 0 saturated heterocycles. The van der Waals surface area contributed by atoms with Gasteiger partial charge in [-0.3, -0.25) is 9.97 Å². The van der Waals surface area contributed by atoms with Crippen molar-refractivity contribution in [2.24, 2.45) is 0 Å². The quantitative estimate of drug-likeness (QED) is 0.456. The second-order valence-electron chi connectivity index (χ2n) is 5.93. The van der Waals surface area contributed by atoms with E-state index in [0.717, 1.165) is 33.1 Å². The number of rotatable bonds is 2. The van der Waals surface area contributed by atoms with Crippen molar-refractivity contribution in [2.75, 3.05) is 0 Å². The molecule has 0 aliphatic rings. The van der Waals surface area contributed by atoms with E-state index in [1.807, 2.05) is 79.7 Å². The van der Waals surface area contributed by atoms with Gasteiger partial charge < -0.3 is 5.11 Å². The van der Waals surface area contributed by atoms with Crippen molar-refractivity contribution in [1.29, 1.82) is 0 Å². The Hall–Kier alpha value is -3.17. The molecule has 4 rings (SSSR count). The highest BCUT2D eigenvalue weighted by molar-refractivity contribution is 6.33. The van der Waals surface area contributed by atoms with Crippen LogP contribution < -0.4 is 0 Å². The lowest BCUT2D eigenvalue weighted by Gasteiger charge is -2.03. The zero-order chi connectivity index (χ0) is 19.1. The molecule has 0 unspecified atom stereocenters. The van der Waals surface area contributed by atoms with E-state index < -0.39 is 0 Å². The van der Waals surface area contributed by atoms with Gasteiger partial charge in [0.15, 0.2) is 0 Å². The fraction of sp³-hybridized carbons (Fsp3) is 0.0435. The Morgan fingerprint density at radius 3 is 1.85 bits per heavy atom. The van der Waals surface area contributed by atoms with Crippen molar-refractivity contribution >= 4 is 11.6 Å². The number of benzene rings is 2. The Kier molecular flexibility index (Phi) is 6.18. The summed E-state index contributed by atoms with van der Waals surface area (Å²) in [5.41, 5.74) is 4.50. The molecule has 0 fully saturated rings. The molecule has 2 aromatic carbocycles. The second kappa shape index (κ2) is 8.97. The van der Waals surface area contributed by atoms with Crippen molar-refractivity contribution in [3.8, 4) is 28.3 Å². The van der Waals surface area contributed by atoms with Gasteiger partial charge in [-0.25, -0.2) is 0 Å². The third-order valence-corrected chi connectivity index (χ3v) is 4.24. The molecule has 27 heavy (non-hydrogen) atoms. The molecule has 0 aliphatic heterocycles. The zero-order valence-corrected chi connectivity index (χ0v) is 15.6. The molecule has 3 nitrogen and oxygen atoms in total. The molecule has 2 aromatic heterocycles. The summed E-state index contributed by atoms with van der Waals surface area (Å²) in [4.78, 5) is 8.40. The van der Waals surface area contributed by atoms with Crippen LogP contribution in [0.5, 0.6) is 5.75 Å². The standard InChI is InChI=1S/C12H11NO.C11H8ClN/c1-9-5-6-10(12(14)8-9)11-4-2-3-7-13-11;12-10-6-2-1-5-9(10)11-7-3-4-8-13-11/h2-8,14H,1H3;1-8H. The smallest absolute Gasteiger partial charge is 0.125 e. The maximum atomic E-state index is 9.70. The molecule has 0 atom stereocenters. The van der Waals surface area contributed by atoms with Crippen LogP contribution in [0.4, 0.5) is 0 Å². The highest BCUT2D eigenvalue weighted by atomic mass is 35.5. The highest BCUT2D eigenvalue weighted by Crippen LogP contribution is 2.28. The van der Waals surface area contributed by atoms with Crippen LogP contribution in [0.25, 0.3) is 22.5 Å². The summed E-state index contributed by atoms with van der Waals surface area (Å²) in [5, 5.41) is 10.4. The van der Waals surface area contributed by atoms with Crippen LogP contribution in [-0.4, -0.2) is 15.1 Å². The van der Waals surface area contributed by atoms with Gasteiger partial charge in [0.05, 0.1) is 11.4 Å². The van der Waals surface area contributed by atoms with Crippen LogP contribution in [-0.2, 0) is 0 Å². The molecule has 0 amide bonds. The number of aromatic nitrogens is 2. The molecule has 4 heteroatoms. The van der Waals surface area contributed by atoms with Gasteiger partial charge in [-0.1, -0.05) is 48.0 Å². The van der Waals surface area contributed by atoms with Gasteiger partial charge in [0.2, 0.25) is 0 Å². The van der Waals surface area contributed by atoms with Gasteiger partial charge in [-0.15, -0.1) is 0 Å². The molecular formula is C23H19ClN2O. The Morgan fingerprint density at radius 2 is 1.30 bits per heavy atom. The minimum atomic E-state index is 0.281. The number of aromatic hydroxyl groups is 1. The number of phenolic OH excluding ortho intramolecular Hbond substituents is 1. The Labute approximate surface area is 164 Å². The van der Waals surface area contributed by atoms with Crippen molar-refractivity contribution < 1.29 is 5.11 Å². The van der Waals surface area contributed by atoms with E-state index in [-0.39, 0.29) is 5.75 Å². The lowest BCUT2D eigenvalue weighted by Crippen LogP contribution is -1.83. The van der Waals surface area contributed by atoms with Crippen LogP contribution in [0.15, 0.2) is 91.3 Å². The minimum absolute atomic E-state index is 0.281. The highest BCUT2D eigenvalue weighted by Gasteiger charge is 2.04. The lowest BCUT2D eigenvalue weighted by molar-refractivity contribution is 0.476. The summed E-state index contributed by atoms with van der Waals surface area (Å²) in [7, 11) is 0. The summed E-state index contributed by atoms with van der Waals surface area (Å²) in [5.74, 6) is 0.281. The fourth-order valence-electron chi connectivity index (χ4n) is 2.57. The Morgan fingerprint density at radius 1 is 0.704 bits per heavy atom. The maximum absolute atomic E-state index is 9.70. The van der Waals surface area contributed by atoms with E-state index in [1.54, 1.807) is 18.5 Å². The molecule has 0 bridgehead atoms. The number of hydrogen-bond acceptors (Lipinski definition) is 3. The summed E-state index contributed by atoms with van der Waals surface area (Å²) in [6, 6.07) is 24.7. The number of phenols is 1. The Balaban J connectivity index is 0.000000156. The molecule has 2 heterocycles. The molecule has 4 aromatic rings. The van der Waals surface area contributed by atoms with Crippen LogP contribution >= 0.6 is 11.6 Å². The number of hydrogen-bond donors (Lipinski definition) is 1. The molecule has 134 valence electrons. The summed E-state index contributed by atoms with van der Waals surface area (Å²) >= 11 is 6.02. The first kappa shape index (κ1) is 18.6. The third kappa shape index (κ3) is 4.93. The monoisotopic (exact) mass is 374 g/mol. The van der Waals surface area contributed by atoms with Crippen molar-refractivity contribution in [2.45, 2.75) is 6.92 Å². The average molecular weight is 375 g/mol.